The summed E-state index contributed by atoms with van der Waals surface area (Å²) in [6.45, 7) is 1.26. The molecule has 30 heavy (non-hydrogen) atoms. The summed E-state index contributed by atoms with van der Waals surface area (Å²) in [5.74, 6) is -1.58. The number of amides is 1. The third-order valence-corrected chi connectivity index (χ3v) is 4.01. The van der Waals surface area contributed by atoms with E-state index >= 15 is 0 Å². The number of nitrogens with one attached hydrogen (secondary N) is 2. The fourth-order valence-electron chi connectivity index (χ4n) is 2.76. The normalized spacial score (nSPS) is 10.5. The van der Waals surface area contributed by atoms with Crippen LogP contribution in [0.15, 0.2) is 50.2 Å². The van der Waals surface area contributed by atoms with Gasteiger partial charge in [0.05, 0.1) is 22.7 Å². The highest BCUT2D eigenvalue weighted by Crippen LogP contribution is 2.28. The van der Waals surface area contributed by atoms with Crippen molar-refractivity contribution in [3.8, 4) is 23.2 Å². The number of ether oxygens (including phenoxy) is 1. The zero-order chi connectivity index (χ0) is 21.3. The van der Waals surface area contributed by atoms with E-state index in [-0.39, 0.29) is 39.7 Å². The predicted molar refractivity (Wildman–Crippen MR) is 101 cm³/mol. The Kier molecular flexibility index (Phi) is 4.57. The number of benzene rings is 2. The number of hydrogen-bond acceptors (Lipinski definition) is 9. The topological polar surface area (TPSA) is 164 Å². The number of anilines is 1. The van der Waals surface area contributed by atoms with Crippen molar-refractivity contribution in [1.29, 1.82) is 5.26 Å². The minimum absolute atomic E-state index is 0.0108. The molecule has 0 fully saturated rings. The predicted octanol–water partition coefficient (Wildman–Crippen LogP) is 2.22. The largest absolute Gasteiger partial charge is 0.439 e. The van der Waals surface area contributed by atoms with E-state index in [0.717, 1.165) is 0 Å². The van der Waals surface area contributed by atoms with Crippen molar-refractivity contribution in [2.75, 3.05) is 5.32 Å². The SMILES string of the molecule is CC(=O)Oc1ccc2c(C(=O)Nc3ccc(C#N)cc3-c3noc(=O)[nH]3)noc2c1. The monoisotopic (exact) mass is 405 g/mol. The van der Waals surface area contributed by atoms with Crippen LogP contribution in [0, 0.1) is 11.3 Å². The number of hydrogen-bond donors (Lipinski definition) is 2. The number of aromatic nitrogens is 3. The van der Waals surface area contributed by atoms with Gasteiger partial charge in [0.1, 0.15) is 5.75 Å². The smallest absolute Gasteiger partial charge is 0.427 e. The molecule has 1 amide bonds. The minimum atomic E-state index is -0.782. The van der Waals surface area contributed by atoms with Crippen molar-refractivity contribution in [1.82, 2.24) is 15.3 Å². The fraction of sp³-hybridized carbons (Fsp3) is 0.0526. The van der Waals surface area contributed by atoms with Crippen LogP contribution in [0.1, 0.15) is 23.0 Å². The van der Waals surface area contributed by atoms with Gasteiger partial charge in [0.25, 0.3) is 5.91 Å². The summed E-state index contributed by atoms with van der Waals surface area (Å²) < 4.78 is 14.6. The van der Waals surface area contributed by atoms with Gasteiger partial charge in [0, 0.05) is 18.6 Å². The van der Waals surface area contributed by atoms with E-state index in [0.29, 0.717) is 5.39 Å². The molecule has 0 spiro atoms. The minimum Gasteiger partial charge on any atom is -0.427 e. The highest BCUT2D eigenvalue weighted by molar-refractivity contribution is 6.11. The maximum absolute atomic E-state index is 12.8. The first kappa shape index (κ1) is 18.6. The number of carbonyl (C=O) groups is 2. The lowest BCUT2D eigenvalue weighted by Gasteiger charge is -2.08. The number of nitrogens with zero attached hydrogens (tertiary/aromatic N) is 3. The second-order valence-electron chi connectivity index (χ2n) is 6.05. The highest BCUT2D eigenvalue weighted by Gasteiger charge is 2.20. The summed E-state index contributed by atoms with van der Waals surface area (Å²) in [6.07, 6.45) is 0. The summed E-state index contributed by atoms with van der Waals surface area (Å²) in [6, 6.07) is 10.9. The third-order valence-electron chi connectivity index (χ3n) is 4.01. The molecule has 0 aliphatic rings. The van der Waals surface area contributed by atoms with Crippen molar-refractivity contribution in [2.24, 2.45) is 0 Å². The summed E-state index contributed by atoms with van der Waals surface area (Å²) in [5, 5.41) is 19.5. The lowest BCUT2D eigenvalue weighted by Crippen LogP contribution is -2.13. The van der Waals surface area contributed by atoms with E-state index in [1.54, 1.807) is 0 Å². The van der Waals surface area contributed by atoms with E-state index in [4.69, 9.17) is 14.5 Å². The van der Waals surface area contributed by atoms with Gasteiger partial charge in [-0.1, -0.05) is 10.3 Å². The van der Waals surface area contributed by atoms with E-state index in [2.05, 4.69) is 25.1 Å². The van der Waals surface area contributed by atoms with Gasteiger partial charge in [0.2, 0.25) is 0 Å². The Morgan fingerprint density at radius 1 is 1.17 bits per heavy atom. The second-order valence-corrected chi connectivity index (χ2v) is 6.05. The molecule has 0 saturated heterocycles. The number of fused-ring (bicyclic) bond motifs is 1. The number of aromatic amines is 1. The molecule has 11 heteroatoms. The molecule has 4 rings (SSSR count). The maximum atomic E-state index is 12.8. The van der Waals surface area contributed by atoms with E-state index in [9.17, 15) is 14.4 Å². The number of esters is 1. The second kappa shape index (κ2) is 7.36. The zero-order valence-corrected chi connectivity index (χ0v) is 15.3. The van der Waals surface area contributed by atoms with Gasteiger partial charge in [-0.05, 0) is 30.3 Å². The van der Waals surface area contributed by atoms with Crippen LogP contribution in [-0.4, -0.2) is 27.2 Å². The molecule has 2 heterocycles. The van der Waals surface area contributed by atoms with Crippen molar-refractivity contribution in [3.63, 3.8) is 0 Å². The van der Waals surface area contributed by atoms with Crippen LogP contribution in [0.4, 0.5) is 5.69 Å². The Morgan fingerprint density at radius 2 is 2.00 bits per heavy atom. The van der Waals surface area contributed by atoms with Crippen LogP contribution in [0.25, 0.3) is 22.4 Å². The number of rotatable bonds is 4. The summed E-state index contributed by atoms with van der Waals surface area (Å²) in [5.41, 5.74) is 1.06. The van der Waals surface area contributed by atoms with Crippen LogP contribution in [-0.2, 0) is 4.79 Å². The van der Waals surface area contributed by atoms with Crippen LogP contribution in [0.2, 0.25) is 0 Å². The Labute approximate surface area is 166 Å². The molecule has 0 radical (unpaired) electrons. The Bertz CT molecular complexity index is 1390. The first-order valence-corrected chi connectivity index (χ1v) is 8.44. The molecule has 2 aromatic heterocycles. The van der Waals surface area contributed by atoms with Crippen LogP contribution in [0.5, 0.6) is 5.75 Å². The Hall–Kier alpha value is -4.72. The van der Waals surface area contributed by atoms with Crippen molar-refractivity contribution >= 4 is 28.5 Å². The average Bonchev–Trinajstić information content (AvgIpc) is 3.33. The molecule has 0 aliphatic carbocycles. The van der Waals surface area contributed by atoms with Gasteiger partial charge in [-0.25, -0.2) is 4.79 Å². The van der Waals surface area contributed by atoms with Gasteiger partial charge in [-0.2, -0.15) is 5.26 Å². The molecular formula is C19H11N5O6. The lowest BCUT2D eigenvalue weighted by atomic mass is 10.1. The molecule has 4 aromatic rings. The van der Waals surface area contributed by atoms with Gasteiger partial charge in [0.15, 0.2) is 17.1 Å². The van der Waals surface area contributed by atoms with Crippen molar-refractivity contribution in [2.45, 2.75) is 6.92 Å². The van der Waals surface area contributed by atoms with Gasteiger partial charge >= 0.3 is 11.7 Å². The molecule has 0 unspecified atom stereocenters. The third kappa shape index (κ3) is 3.52. The van der Waals surface area contributed by atoms with E-state index in [1.807, 2.05) is 6.07 Å². The van der Waals surface area contributed by atoms with Crippen LogP contribution >= 0.6 is 0 Å². The summed E-state index contributed by atoms with van der Waals surface area (Å²) >= 11 is 0. The fourth-order valence-corrected chi connectivity index (χ4v) is 2.76. The Morgan fingerprint density at radius 3 is 2.70 bits per heavy atom. The molecule has 2 N–H and O–H groups in total. The summed E-state index contributed by atoms with van der Waals surface area (Å²) in [4.78, 5) is 37.5. The van der Waals surface area contributed by atoms with Crippen molar-refractivity contribution < 1.29 is 23.4 Å². The summed E-state index contributed by atoms with van der Waals surface area (Å²) in [7, 11) is 0. The van der Waals surface area contributed by atoms with E-state index < -0.39 is 17.6 Å². The highest BCUT2D eigenvalue weighted by atomic mass is 16.5. The van der Waals surface area contributed by atoms with Gasteiger partial charge in [-0.15, -0.1) is 0 Å². The molecule has 0 bridgehead atoms. The van der Waals surface area contributed by atoms with E-state index in [1.165, 1.54) is 43.3 Å². The molecule has 11 nitrogen and oxygen atoms in total. The molecule has 148 valence electrons. The van der Waals surface area contributed by atoms with Crippen molar-refractivity contribution in [3.05, 3.63) is 58.2 Å². The maximum Gasteiger partial charge on any atom is 0.439 e. The molecule has 2 aromatic carbocycles. The molecule has 0 saturated carbocycles. The average molecular weight is 405 g/mol. The molecular weight excluding hydrogens is 394 g/mol. The number of carbonyl (C=O) groups excluding carboxylic acids is 2. The van der Waals surface area contributed by atoms with Crippen LogP contribution in [0.3, 0.4) is 0 Å². The van der Waals surface area contributed by atoms with Gasteiger partial charge in [-0.3, -0.25) is 19.1 Å². The number of H-pyrrole nitrogens is 1. The Balaban J connectivity index is 1.68. The van der Waals surface area contributed by atoms with Gasteiger partial charge < -0.3 is 14.6 Å². The standard InChI is InChI=1S/C19H11N5O6/c1-9(25)28-11-3-4-12-15(7-11)29-23-16(12)18(26)21-14-5-2-10(8-20)6-13(14)17-22-19(27)30-24-17/h2-7H,1H3,(H,21,26)(H,22,24,27). The van der Waals surface area contributed by atoms with Crippen LogP contribution < -0.4 is 15.8 Å². The quantitative estimate of drug-likeness (QED) is 0.382. The number of nitriles is 1. The molecule has 0 atom stereocenters. The zero-order valence-electron chi connectivity index (χ0n) is 15.3. The lowest BCUT2D eigenvalue weighted by molar-refractivity contribution is -0.131. The molecule has 0 aliphatic heterocycles. The first-order valence-electron chi connectivity index (χ1n) is 8.44. The first-order chi connectivity index (χ1) is 14.4.